The van der Waals surface area contributed by atoms with Crippen molar-refractivity contribution in [3.8, 4) is 0 Å². The van der Waals surface area contributed by atoms with E-state index < -0.39 is 17.8 Å². The standard InChI is InChI=1S/C17H18N2O4S/c1-3-11-8-14(24-10(11)2)17(22)23-9-15(20)19-13-6-4-12(5-7-13)16(18)21/h4-8H,3,9H2,1-2H3,(H2,18,21)(H,19,20). The van der Waals surface area contributed by atoms with Gasteiger partial charge in [0, 0.05) is 16.1 Å². The van der Waals surface area contributed by atoms with Gasteiger partial charge in [-0.2, -0.15) is 0 Å². The van der Waals surface area contributed by atoms with Crippen LogP contribution in [-0.4, -0.2) is 24.4 Å². The van der Waals surface area contributed by atoms with E-state index in [1.807, 2.05) is 13.8 Å². The maximum atomic E-state index is 12.0. The normalized spacial score (nSPS) is 10.2. The number of nitrogens with one attached hydrogen (secondary N) is 1. The third-order valence-electron chi connectivity index (χ3n) is 3.39. The molecule has 0 radical (unpaired) electrons. The van der Waals surface area contributed by atoms with Gasteiger partial charge in [-0.25, -0.2) is 4.79 Å². The first-order valence-corrected chi connectivity index (χ1v) is 8.18. The number of anilines is 1. The number of ether oxygens (including phenoxy) is 1. The molecule has 0 aliphatic carbocycles. The van der Waals surface area contributed by atoms with Gasteiger partial charge in [0.05, 0.1) is 0 Å². The predicted molar refractivity (Wildman–Crippen MR) is 92.3 cm³/mol. The molecular weight excluding hydrogens is 328 g/mol. The quantitative estimate of drug-likeness (QED) is 0.785. The Morgan fingerprint density at radius 3 is 2.42 bits per heavy atom. The Labute approximate surface area is 143 Å². The molecule has 0 spiro atoms. The second kappa shape index (κ2) is 7.74. The van der Waals surface area contributed by atoms with Crippen molar-refractivity contribution in [3.05, 3.63) is 51.2 Å². The van der Waals surface area contributed by atoms with Gasteiger partial charge in [-0.3, -0.25) is 9.59 Å². The monoisotopic (exact) mass is 346 g/mol. The van der Waals surface area contributed by atoms with E-state index in [0.29, 0.717) is 16.1 Å². The minimum Gasteiger partial charge on any atom is -0.451 e. The topological polar surface area (TPSA) is 98.5 Å². The number of benzene rings is 1. The third-order valence-corrected chi connectivity index (χ3v) is 4.46. The smallest absolute Gasteiger partial charge is 0.348 e. The number of carbonyl (C=O) groups excluding carboxylic acids is 3. The van der Waals surface area contributed by atoms with Crippen LogP contribution in [0.2, 0.25) is 0 Å². The van der Waals surface area contributed by atoms with Gasteiger partial charge >= 0.3 is 5.97 Å². The molecule has 0 aliphatic rings. The molecule has 0 fully saturated rings. The minimum absolute atomic E-state index is 0.347. The maximum absolute atomic E-state index is 12.0. The van der Waals surface area contributed by atoms with Crippen LogP contribution in [0.5, 0.6) is 0 Å². The van der Waals surface area contributed by atoms with E-state index in [2.05, 4.69) is 5.32 Å². The van der Waals surface area contributed by atoms with E-state index >= 15 is 0 Å². The van der Waals surface area contributed by atoms with Crippen molar-refractivity contribution in [2.45, 2.75) is 20.3 Å². The van der Waals surface area contributed by atoms with Crippen LogP contribution in [-0.2, 0) is 16.0 Å². The Morgan fingerprint density at radius 2 is 1.88 bits per heavy atom. The van der Waals surface area contributed by atoms with E-state index in [4.69, 9.17) is 10.5 Å². The molecule has 2 aromatic rings. The molecule has 0 aliphatic heterocycles. The number of primary amides is 1. The van der Waals surface area contributed by atoms with Crippen LogP contribution in [0.4, 0.5) is 5.69 Å². The highest BCUT2D eigenvalue weighted by Gasteiger charge is 2.14. The summed E-state index contributed by atoms with van der Waals surface area (Å²) in [5, 5.41) is 2.58. The van der Waals surface area contributed by atoms with E-state index in [1.165, 1.54) is 23.5 Å². The Balaban J connectivity index is 1.88. The summed E-state index contributed by atoms with van der Waals surface area (Å²) < 4.78 is 5.02. The number of thiophene rings is 1. The highest BCUT2D eigenvalue weighted by molar-refractivity contribution is 7.14. The van der Waals surface area contributed by atoms with Crippen LogP contribution in [0.25, 0.3) is 0 Å². The molecule has 1 aromatic carbocycles. The van der Waals surface area contributed by atoms with Crippen LogP contribution in [0, 0.1) is 6.92 Å². The zero-order valence-corrected chi connectivity index (χ0v) is 14.2. The summed E-state index contributed by atoms with van der Waals surface area (Å²) in [7, 11) is 0. The number of esters is 1. The predicted octanol–water partition coefficient (Wildman–Crippen LogP) is 2.51. The summed E-state index contributed by atoms with van der Waals surface area (Å²) in [5.41, 5.74) is 7.08. The zero-order valence-electron chi connectivity index (χ0n) is 13.4. The van der Waals surface area contributed by atoms with Crippen molar-refractivity contribution in [2.24, 2.45) is 5.73 Å². The van der Waals surface area contributed by atoms with Crippen molar-refractivity contribution < 1.29 is 19.1 Å². The number of nitrogens with two attached hydrogens (primary N) is 1. The Morgan fingerprint density at radius 1 is 1.21 bits per heavy atom. The fourth-order valence-electron chi connectivity index (χ4n) is 2.09. The summed E-state index contributed by atoms with van der Waals surface area (Å²) in [4.78, 5) is 36.3. The molecule has 2 rings (SSSR count). The van der Waals surface area contributed by atoms with Crippen LogP contribution in [0.15, 0.2) is 30.3 Å². The number of carbonyl (C=O) groups is 3. The summed E-state index contributed by atoms with van der Waals surface area (Å²) in [6, 6.07) is 7.91. The lowest BCUT2D eigenvalue weighted by Gasteiger charge is -2.06. The molecular formula is C17H18N2O4S. The molecule has 1 heterocycles. The van der Waals surface area contributed by atoms with Gasteiger partial charge < -0.3 is 15.8 Å². The van der Waals surface area contributed by atoms with Crippen molar-refractivity contribution in [1.29, 1.82) is 0 Å². The molecule has 0 atom stereocenters. The summed E-state index contributed by atoms with van der Waals surface area (Å²) in [6.07, 6.45) is 0.845. The van der Waals surface area contributed by atoms with E-state index in [0.717, 1.165) is 16.9 Å². The van der Waals surface area contributed by atoms with Gasteiger partial charge in [-0.15, -0.1) is 11.3 Å². The Bertz CT molecular complexity index is 765. The molecule has 7 heteroatoms. The molecule has 6 nitrogen and oxygen atoms in total. The van der Waals surface area contributed by atoms with Gasteiger partial charge in [0.1, 0.15) is 4.88 Å². The van der Waals surface area contributed by atoms with Crippen LogP contribution >= 0.6 is 11.3 Å². The van der Waals surface area contributed by atoms with Crippen molar-refractivity contribution in [3.63, 3.8) is 0 Å². The van der Waals surface area contributed by atoms with Gasteiger partial charge in [-0.1, -0.05) is 6.92 Å². The summed E-state index contributed by atoms with van der Waals surface area (Å²) in [5.74, 6) is -1.51. The molecule has 0 saturated heterocycles. The third kappa shape index (κ3) is 4.42. The van der Waals surface area contributed by atoms with Gasteiger partial charge in [0.15, 0.2) is 6.61 Å². The highest BCUT2D eigenvalue weighted by Crippen LogP contribution is 2.22. The number of rotatable bonds is 6. The van der Waals surface area contributed by atoms with E-state index in [-0.39, 0.29) is 6.61 Å². The Kier molecular flexibility index (Phi) is 5.70. The van der Waals surface area contributed by atoms with Crippen LogP contribution in [0.3, 0.4) is 0 Å². The fourth-order valence-corrected chi connectivity index (χ4v) is 3.10. The second-order valence-corrected chi connectivity index (χ2v) is 6.37. The van der Waals surface area contributed by atoms with Crippen molar-refractivity contribution in [1.82, 2.24) is 0 Å². The lowest BCUT2D eigenvalue weighted by Crippen LogP contribution is -2.20. The molecule has 126 valence electrons. The second-order valence-electron chi connectivity index (χ2n) is 5.11. The average molecular weight is 346 g/mol. The molecule has 24 heavy (non-hydrogen) atoms. The highest BCUT2D eigenvalue weighted by atomic mass is 32.1. The summed E-state index contributed by atoms with van der Waals surface area (Å²) >= 11 is 1.36. The van der Waals surface area contributed by atoms with Gasteiger partial charge in [0.25, 0.3) is 5.91 Å². The molecule has 0 saturated carbocycles. The maximum Gasteiger partial charge on any atom is 0.348 e. The number of amides is 2. The molecule has 0 bridgehead atoms. The first kappa shape index (κ1) is 17.7. The molecule has 3 N–H and O–H groups in total. The van der Waals surface area contributed by atoms with Crippen molar-refractivity contribution in [2.75, 3.05) is 11.9 Å². The Hall–Kier alpha value is -2.67. The van der Waals surface area contributed by atoms with Crippen LogP contribution < -0.4 is 11.1 Å². The first-order chi connectivity index (χ1) is 11.4. The number of hydrogen-bond donors (Lipinski definition) is 2. The molecule has 1 aromatic heterocycles. The average Bonchev–Trinajstić information content (AvgIpc) is 2.94. The van der Waals surface area contributed by atoms with E-state index in [9.17, 15) is 14.4 Å². The van der Waals surface area contributed by atoms with Gasteiger partial charge in [-0.05, 0) is 49.2 Å². The summed E-state index contributed by atoms with van der Waals surface area (Å²) in [6.45, 7) is 3.58. The molecule has 2 amide bonds. The van der Waals surface area contributed by atoms with Crippen molar-refractivity contribution >= 4 is 34.8 Å². The minimum atomic E-state index is -0.542. The zero-order chi connectivity index (χ0) is 17.7. The van der Waals surface area contributed by atoms with Gasteiger partial charge in [0.2, 0.25) is 5.91 Å². The lowest BCUT2D eigenvalue weighted by molar-refractivity contribution is -0.119. The van der Waals surface area contributed by atoms with Crippen LogP contribution in [0.1, 0.15) is 37.4 Å². The molecule has 0 unspecified atom stereocenters. The number of aryl methyl sites for hydroxylation is 2. The number of hydrogen-bond acceptors (Lipinski definition) is 5. The lowest BCUT2D eigenvalue weighted by atomic mass is 10.2. The van der Waals surface area contributed by atoms with E-state index in [1.54, 1.807) is 18.2 Å². The largest absolute Gasteiger partial charge is 0.451 e. The first-order valence-electron chi connectivity index (χ1n) is 7.37. The fraction of sp³-hybridized carbons (Fsp3) is 0.235. The SMILES string of the molecule is CCc1cc(C(=O)OCC(=O)Nc2ccc(C(N)=O)cc2)sc1C.